The van der Waals surface area contributed by atoms with E-state index in [1.807, 2.05) is 6.08 Å². The molecule has 1 heterocycles. The maximum atomic E-state index is 6.69. The third kappa shape index (κ3) is 9.07. The molecule has 0 aliphatic rings. The van der Waals surface area contributed by atoms with Gasteiger partial charge in [-0.05, 0) is 84.2 Å². The number of hydrogen-bond acceptors (Lipinski definition) is 4. The number of hydrogen-bond donors (Lipinski definition) is 1. The van der Waals surface area contributed by atoms with Crippen molar-refractivity contribution in [3.63, 3.8) is 0 Å². The van der Waals surface area contributed by atoms with Crippen LogP contribution in [0.5, 0.6) is 0 Å². The van der Waals surface area contributed by atoms with Crippen LogP contribution in [0.4, 0.5) is 5.82 Å². The van der Waals surface area contributed by atoms with Crippen LogP contribution in [0.3, 0.4) is 0 Å². The minimum absolute atomic E-state index is 0.240. The zero-order chi connectivity index (χ0) is 20.5. The molecule has 0 spiro atoms. The number of nitrogens with one attached hydrogen (secondary N) is 1. The summed E-state index contributed by atoms with van der Waals surface area (Å²) in [5.41, 5.74) is 0. The molecule has 0 radical (unpaired) electrons. The van der Waals surface area contributed by atoms with E-state index < -0.39 is 8.32 Å². The van der Waals surface area contributed by atoms with Crippen LogP contribution in [0.15, 0.2) is 23.3 Å². The van der Waals surface area contributed by atoms with Crippen LogP contribution in [-0.2, 0) is 4.43 Å². The molecule has 0 fully saturated rings. The fraction of sp³-hybridized carbons (Fsp3) is 0.700. The Morgan fingerprint density at radius 1 is 1.30 bits per heavy atom. The summed E-state index contributed by atoms with van der Waals surface area (Å²) < 4.78 is 7.52. The van der Waals surface area contributed by atoms with Crippen LogP contribution >= 0.6 is 27.5 Å². The summed E-state index contributed by atoms with van der Waals surface area (Å²) in [6, 6.07) is 0. The SMILES string of the molecule is C=CCCCC(CCCCNc1nc(Cl)ncc1Br)O[Si](C)(C)C(C)(C)C. The normalized spacial score (nSPS) is 13.4. The lowest BCUT2D eigenvalue weighted by Gasteiger charge is -2.39. The maximum Gasteiger partial charge on any atom is 0.224 e. The molecule has 1 atom stereocenters. The van der Waals surface area contributed by atoms with Crippen molar-refractivity contribution in [2.45, 2.75) is 83.5 Å². The highest BCUT2D eigenvalue weighted by atomic mass is 79.9. The highest BCUT2D eigenvalue weighted by molar-refractivity contribution is 9.10. The highest BCUT2D eigenvalue weighted by Gasteiger charge is 2.38. The second kappa shape index (κ2) is 11.5. The maximum absolute atomic E-state index is 6.69. The predicted octanol–water partition coefficient (Wildman–Crippen LogP) is 7.22. The number of allylic oxidation sites excluding steroid dienone is 1. The van der Waals surface area contributed by atoms with Gasteiger partial charge in [0.05, 0.1) is 4.47 Å². The van der Waals surface area contributed by atoms with E-state index >= 15 is 0 Å². The van der Waals surface area contributed by atoms with Crippen LogP contribution in [0.2, 0.25) is 23.4 Å². The van der Waals surface area contributed by atoms with Crippen molar-refractivity contribution >= 4 is 41.7 Å². The lowest BCUT2D eigenvalue weighted by atomic mass is 10.1. The van der Waals surface area contributed by atoms with E-state index in [0.717, 1.165) is 55.4 Å². The van der Waals surface area contributed by atoms with E-state index in [2.05, 4.69) is 71.7 Å². The van der Waals surface area contributed by atoms with Gasteiger partial charge in [0.1, 0.15) is 5.82 Å². The number of unbranched alkanes of at least 4 members (excludes halogenated alkanes) is 2. The molecule has 0 aliphatic heterocycles. The molecule has 0 saturated heterocycles. The molecule has 0 aliphatic carbocycles. The second-order valence-corrected chi connectivity index (χ2v) is 14.4. The molecular formula is C20H35BrClN3OSi. The Morgan fingerprint density at radius 2 is 1.96 bits per heavy atom. The zero-order valence-corrected chi connectivity index (χ0v) is 20.8. The van der Waals surface area contributed by atoms with E-state index in [1.165, 1.54) is 0 Å². The van der Waals surface area contributed by atoms with Crippen LogP contribution in [0.1, 0.15) is 59.3 Å². The number of anilines is 1. The summed E-state index contributed by atoms with van der Waals surface area (Å²) in [7, 11) is -1.74. The van der Waals surface area contributed by atoms with Crippen molar-refractivity contribution in [1.29, 1.82) is 0 Å². The summed E-state index contributed by atoms with van der Waals surface area (Å²) in [6.07, 6.45) is 10.6. The molecule has 1 N–H and O–H groups in total. The first-order chi connectivity index (χ1) is 12.6. The molecule has 7 heteroatoms. The summed E-state index contributed by atoms with van der Waals surface area (Å²) in [4.78, 5) is 8.14. The van der Waals surface area contributed by atoms with Crippen LogP contribution in [0, 0.1) is 0 Å². The van der Waals surface area contributed by atoms with E-state index in [-0.39, 0.29) is 10.3 Å². The monoisotopic (exact) mass is 475 g/mol. The average Bonchev–Trinajstić information content (AvgIpc) is 2.56. The standard InChI is InChI=1S/C20H35BrClN3OSi/c1-7-8-9-12-16(26-27(5,6)20(2,3)4)13-10-11-14-23-18-17(21)15-24-19(22)25-18/h7,15-16H,1,8-14H2,2-6H3,(H,23,24,25). The highest BCUT2D eigenvalue weighted by Crippen LogP contribution is 2.38. The summed E-state index contributed by atoms with van der Waals surface area (Å²) in [5.74, 6) is 0.745. The van der Waals surface area contributed by atoms with Crippen LogP contribution in [-0.4, -0.2) is 30.9 Å². The number of rotatable bonds is 12. The molecule has 154 valence electrons. The minimum Gasteiger partial charge on any atom is -0.414 e. The Kier molecular flexibility index (Phi) is 10.5. The van der Waals surface area contributed by atoms with E-state index in [1.54, 1.807) is 6.20 Å². The molecule has 0 aromatic carbocycles. The predicted molar refractivity (Wildman–Crippen MR) is 123 cm³/mol. The number of aromatic nitrogens is 2. The van der Waals surface area contributed by atoms with Gasteiger partial charge in [0.2, 0.25) is 5.28 Å². The van der Waals surface area contributed by atoms with Crippen molar-refractivity contribution in [2.75, 3.05) is 11.9 Å². The third-order valence-electron chi connectivity index (χ3n) is 5.16. The first kappa shape index (κ1) is 24.6. The van der Waals surface area contributed by atoms with Gasteiger partial charge in [0.15, 0.2) is 8.32 Å². The Morgan fingerprint density at radius 3 is 2.59 bits per heavy atom. The van der Waals surface area contributed by atoms with E-state index in [4.69, 9.17) is 16.0 Å². The quantitative estimate of drug-likeness (QED) is 0.150. The molecule has 1 aromatic rings. The van der Waals surface area contributed by atoms with Crippen LogP contribution < -0.4 is 5.32 Å². The number of nitrogens with zero attached hydrogens (tertiary/aromatic N) is 2. The largest absolute Gasteiger partial charge is 0.414 e. The smallest absolute Gasteiger partial charge is 0.224 e. The van der Waals surface area contributed by atoms with Crippen molar-refractivity contribution in [1.82, 2.24) is 9.97 Å². The Hall–Kier alpha value is -0.433. The molecule has 0 saturated carbocycles. The summed E-state index contributed by atoms with van der Waals surface area (Å²) in [5, 5.41) is 3.82. The van der Waals surface area contributed by atoms with Gasteiger partial charge in [0, 0.05) is 18.8 Å². The average molecular weight is 477 g/mol. The van der Waals surface area contributed by atoms with Crippen molar-refractivity contribution < 1.29 is 4.43 Å². The van der Waals surface area contributed by atoms with Gasteiger partial charge in [-0.1, -0.05) is 26.8 Å². The van der Waals surface area contributed by atoms with Crippen LogP contribution in [0.25, 0.3) is 0 Å². The molecule has 4 nitrogen and oxygen atoms in total. The Balaban J connectivity index is 2.48. The van der Waals surface area contributed by atoms with Crippen molar-refractivity contribution in [3.05, 3.63) is 28.6 Å². The molecule has 0 amide bonds. The van der Waals surface area contributed by atoms with Gasteiger partial charge >= 0.3 is 0 Å². The Labute approximate surface area is 179 Å². The van der Waals surface area contributed by atoms with E-state index in [0.29, 0.717) is 6.10 Å². The summed E-state index contributed by atoms with van der Waals surface area (Å²) in [6.45, 7) is 16.3. The minimum atomic E-state index is -1.74. The van der Waals surface area contributed by atoms with Gasteiger partial charge in [-0.3, -0.25) is 0 Å². The first-order valence-electron chi connectivity index (χ1n) is 9.77. The Bertz CT molecular complexity index is 593. The molecule has 0 bridgehead atoms. The molecule has 1 aromatic heterocycles. The zero-order valence-electron chi connectivity index (χ0n) is 17.4. The van der Waals surface area contributed by atoms with E-state index in [9.17, 15) is 0 Å². The topological polar surface area (TPSA) is 47.0 Å². The van der Waals surface area contributed by atoms with Gasteiger partial charge in [-0.15, -0.1) is 6.58 Å². The number of halogens is 2. The van der Waals surface area contributed by atoms with Gasteiger partial charge in [-0.2, -0.15) is 4.98 Å². The molecule has 27 heavy (non-hydrogen) atoms. The molecule has 1 rings (SSSR count). The lowest BCUT2D eigenvalue weighted by Crippen LogP contribution is -2.44. The lowest BCUT2D eigenvalue weighted by molar-refractivity contribution is 0.156. The fourth-order valence-electron chi connectivity index (χ4n) is 2.52. The van der Waals surface area contributed by atoms with Crippen molar-refractivity contribution in [2.24, 2.45) is 0 Å². The van der Waals surface area contributed by atoms with Gasteiger partial charge in [0.25, 0.3) is 0 Å². The molecular weight excluding hydrogens is 442 g/mol. The summed E-state index contributed by atoms with van der Waals surface area (Å²) >= 11 is 9.29. The fourth-order valence-corrected chi connectivity index (χ4v) is 4.41. The third-order valence-corrected chi connectivity index (χ3v) is 10.5. The van der Waals surface area contributed by atoms with Crippen molar-refractivity contribution in [3.8, 4) is 0 Å². The van der Waals surface area contributed by atoms with Gasteiger partial charge < -0.3 is 9.74 Å². The van der Waals surface area contributed by atoms with Gasteiger partial charge in [-0.25, -0.2) is 4.98 Å². The second-order valence-electron chi connectivity index (χ2n) is 8.48. The first-order valence-corrected chi connectivity index (χ1v) is 13.9. The molecule has 1 unspecified atom stereocenters.